The Balaban J connectivity index is 0.000000310. The third-order valence-corrected chi connectivity index (χ3v) is 5.63. The zero-order valence-corrected chi connectivity index (χ0v) is 17.8. The summed E-state index contributed by atoms with van der Waals surface area (Å²) in [6.45, 7) is 1.82. The molecule has 8 heteroatoms. The SMILES string of the molecule is CC1Sc2ccc(C(=O)Nc3ccc(S)cc3F)cc2NC1=O.Nc1ccccc1. The van der Waals surface area contributed by atoms with Gasteiger partial charge in [0.2, 0.25) is 5.91 Å². The predicted molar refractivity (Wildman–Crippen MR) is 123 cm³/mol. The Labute approximate surface area is 183 Å². The van der Waals surface area contributed by atoms with Gasteiger partial charge in [0.1, 0.15) is 5.82 Å². The van der Waals surface area contributed by atoms with Crippen molar-refractivity contribution in [2.45, 2.75) is 22.0 Å². The molecule has 154 valence electrons. The van der Waals surface area contributed by atoms with Crippen molar-refractivity contribution in [2.75, 3.05) is 16.4 Å². The number of nitrogens with two attached hydrogens (primary N) is 1. The molecule has 5 nitrogen and oxygen atoms in total. The Bertz CT molecular complexity index is 1080. The second-order valence-electron chi connectivity index (χ2n) is 6.49. The standard InChI is InChI=1S/C16H13FN2O2S2.C6H7N/c1-8-15(20)19-13-6-9(2-5-14(13)23-8)16(21)18-12-4-3-10(22)7-11(12)17;7-6-4-2-1-3-5-6/h2-8,22H,1H3,(H,18,21)(H,19,20);1-5H,7H2. The van der Waals surface area contributed by atoms with Gasteiger partial charge in [0.15, 0.2) is 0 Å². The van der Waals surface area contributed by atoms with E-state index in [0.29, 0.717) is 16.1 Å². The molecular formula is C22H20FN3O2S2. The van der Waals surface area contributed by atoms with E-state index in [1.54, 1.807) is 24.3 Å². The van der Waals surface area contributed by atoms with Gasteiger partial charge in [-0.1, -0.05) is 18.2 Å². The average molecular weight is 442 g/mol. The number of nitrogen functional groups attached to an aromatic ring is 1. The number of thioether (sulfide) groups is 1. The topological polar surface area (TPSA) is 84.2 Å². The Morgan fingerprint density at radius 2 is 1.87 bits per heavy atom. The highest BCUT2D eigenvalue weighted by Crippen LogP contribution is 2.36. The summed E-state index contributed by atoms with van der Waals surface area (Å²) in [5, 5.41) is 5.11. The maximum absolute atomic E-state index is 13.8. The lowest BCUT2D eigenvalue weighted by Crippen LogP contribution is -2.26. The van der Waals surface area contributed by atoms with Gasteiger partial charge in [-0.15, -0.1) is 24.4 Å². The van der Waals surface area contributed by atoms with Gasteiger partial charge < -0.3 is 16.4 Å². The number of carbonyl (C=O) groups excluding carboxylic acids is 2. The highest BCUT2D eigenvalue weighted by atomic mass is 32.2. The molecule has 0 bridgehead atoms. The molecule has 0 saturated carbocycles. The zero-order chi connectivity index (χ0) is 21.7. The van der Waals surface area contributed by atoms with Crippen molar-refractivity contribution in [1.29, 1.82) is 0 Å². The van der Waals surface area contributed by atoms with Crippen LogP contribution in [0.1, 0.15) is 17.3 Å². The number of halogens is 1. The Morgan fingerprint density at radius 3 is 2.50 bits per heavy atom. The molecule has 30 heavy (non-hydrogen) atoms. The van der Waals surface area contributed by atoms with Crippen LogP contribution in [-0.2, 0) is 4.79 Å². The van der Waals surface area contributed by atoms with Crippen molar-refractivity contribution >= 4 is 53.3 Å². The van der Waals surface area contributed by atoms with Crippen LogP contribution in [0.3, 0.4) is 0 Å². The van der Waals surface area contributed by atoms with Crippen molar-refractivity contribution in [3.63, 3.8) is 0 Å². The van der Waals surface area contributed by atoms with E-state index in [2.05, 4.69) is 23.3 Å². The molecule has 4 N–H and O–H groups in total. The molecule has 0 aliphatic carbocycles. The number of benzene rings is 3. The summed E-state index contributed by atoms with van der Waals surface area (Å²) in [7, 11) is 0. The minimum atomic E-state index is -0.554. The van der Waals surface area contributed by atoms with Crippen LogP contribution in [0.4, 0.5) is 21.5 Å². The lowest BCUT2D eigenvalue weighted by atomic mass is 10.1. The summed E-state index contributed by atoms with van der Waals surface area (Å²) in [6.07, 6.45) is 0. The van der Waals surface area contributed by atoms with Gasteiger partial charge in [-0.3, -0.25) is 9.59 Å². The predicted octanol–water partition coefficient (Wildman–Crippen LogP) is 5.07. The van der Waals surface area contributed by atoms with E-state index in [9.17, 15) is 14.0 Å². The number of nitrogens with one attached hydrogen (secondary N) is 2. The normalized spacial score (nSPS) is 14.6. The van der Waals surface area contributed by atoms with Gasteiger partial charge in [-0.05, 0) is 55.5 Å². The van der Waals surface area contributed by atoms with Gasteiger partial charge >= 0.3 is 0 Å². The monoisotopic (exact) mass is 441 g/mol. The molecule has 0 saturated heterocycles. The summed E-state index contributed by atoms with van der Waals surface area (Å²) in [5.41, 5.74) is 7.20. The number of carbonyl (C=O) groups is 2. The minimum absolute atomic E-state index is 0.0811. The maximum atomic E-state index is 13.8. The third-order valence-electron chi connectivity index (χ3n) is 4.17. The molecule has 0 aromatic heterocycles. The molecule has 4 rings (SSSR count). The summed E-state index contributed by atoms with van der Waals surface area (Å²) in [6, 6.07) is 18.8. The maximum Gasteiger partial charge on any atom is 0.255 e. The van der Waals surface area contributed by atoms with Gasteiger partial charge in [-0.25, -0.2) is 4.39 Å². The van der Waals surface area contributed by atoms with Crippen molar-refractivity contribution in [3.8, 4) is 0 Å². The first-order chi connectivity index (χ1) is 14.3. The number of rotatable bonds is 2. The molecule has 1 unspecified atom stereocenters. The molecule has 1 aliphatic heterocycles. The Morgan fingerprint density at radius 1 is 1.13 bits per heavy atom. The van der Waals surface area contributed by atoms with Crippen LogP contribution in [-0.4, -0.2) is 17.1 Å². The van der Waals surface area contributed by atoms with E-state index < -0.39 is 11.7 Å². The van der Waals surface area contributed by atoms with Crippen molar-refractivity contribution in [2.24, 2.45) is 0 Å². The molecular weight excluding hydrogens is 421 g/mol. The molecule has 0 spiro atoms. The Kier molecular flexibility index (Phi) is 7.02. The average Bonchev–Trinajstić information content (AvgIpc) is 2.71. The van der Waals surface area contributed by atoms with E-state index in [1.165, 1.54) is 23.9 Å². The van der Waals surface area contributed by atoms with Crippen LogP contribution >= 0.6 is 24.4 Å². The van der Waals surface area contributed by atoms with Crippen LogP contribution in [0.25, 0.3) is 0 Å². The smallest absolute Gasteiger partial charge is 0.255 e. The van der Waals surface area contributed by atoms with E-state index in [4.69, 9.17) is 5.73 Å². The van der Waals surface area contributed by atoms with Crippen molar-refractivity contribution in [3.05, 3.63) is 78.1 Å². The van der Waals surface area contributed by atoms with E-state index in [1.807, 2.05) is 37.3 Å². The van der Waals surface area contributed by atoms with Crippen LogP contribution in [0.5, 0.6) is 0 Å². The van der Waals surface area contributed by atoms with Gasteiger partial charge in [0.05, 0.1) is 16.6 Å². The molecule has 0 radical (unpaired) electrons. The summed E-state index contributed by atoms with van der Waals surface area (Å²) < 4.78 is 13.8. The number of thiol groups is 1. The number of fused-ring (bicyclic) bond motifs is 1. The van der Waals surface area contributed by atoms with Crippen LogP contribution in [0.15, 0.2) is 76.5 Å². The lowest BCUT2D eigenvalue weighted by Gasteiger charge is -2.21. The number of para-hydroxylation sites is 1. The number of anilines is 3. The second-order valence-corrected chi connectivity index (χ2v) is 8.39. The number of amides is 2. The van der Waals surface area contributed by atoms with Crippen molar-refractivity contribution < 1.29 is 14.0 Å². The van der Waals surface area contributed by atoms with E-state index in [-0.39, 0.29) is 16.8 Å². The molecule has 1 heterocycles. The van der Waals surface area contributed by atoms with Gasteiger partial charge in [0.25, 0.3) is 5.91 Å². The number of hydrogen-bond donors (Lipinski definition) is 4. The van der Waals surface area contributed by atoms with Crippen LogP contribution in [0.2, 0.25) is 0 Å². The van der Waals surface area contributed by atoms with Crippen LogP contribution in [0, 0.1) is 5.82 Å². The highest BCUT2D eigenvalue weighted by Gasteiger charge is 2.23. The lowest BCUT2D eigenvalue weighted by molar-refractivity contribution is -0.115. The van der Waals surface area contributed by atoms with Gasteiger partial charge in [0, 0.05) is 21.0 Å². The molecule has 1 aliphatic rings. The Hall–Kier alpha value is -2.97. The summed E-state index contributed by atoms with van der Waals surface area (Å²) in [5.74, 6) is -1.10. The fourth-order valence-corrected chi connectivity index (χ4v) is 3.72. The minimum Gasteiger partial charge on any atom is -0.399 e. The first-order valence-corrected chi connectivity index (χ1v) is 10.4. The molecule has 2 amide bonds. The quantitative estimate of drug-likeness (QED) is 0.331. The largest absolute Gasteiger partial charge is 0.399 e. The third kappa shape index (κ3) is 5.55. The molecule has 3 aromatic carbocycles. The molecule has 0 fully saturated rings. The first-order valence-electron chi connectivity index (χ1n) is 9.05. The summed E-state index contributed by atoms with van der Waals surface area (Å²) in [4.78, 5) is 25.4. The van der Waals surface area contributed by atoms with E-state index >= 15 is 0 Å². The zero-order valence-electron chi connectivity index (χ0n) is 16.1. The van der Waals surface area contributed by atoms with Gasteiger partial charge in [-0.2, -0.15) is 0 Å². The second kappa shape index (κ2) is 9.69. The number of hydrogen-bond acceptors (Lipinski definition) is 5. The molecule has 1 atom stereocenters. The molecule has 3 aromatic rings. The fourth-order valence-electron chi connectivity index (χ4n) is 2.60. The fraction of sp³-hybridized carbons (Fsp3) is 0.0909. The summed E-state index contributed by atoms with van der Waals surface area (Å²) >= 11 is 5.47. The van der Waals surface area contributed by atoms with Crippen LogP contribution < -0.4 is 16.4 Å². The highest BCUT2D eigenvalue weighted by molar-refractivity contribution is 8.00. The first kappa shape index (κ1) is 21.7. The van der Waals surface area contributed by atoms with Crippen molar-refractivity contribution in [1.82, 2.24) is 0 Å². The van der Waals surface area contributed by atoms with E-state index in [0.717, 1.165) is 10.6 Å².